The number of amides is 2. The predicted molar refractivity (Wildman–Crippen MR) is 201 cm³/mol. The molecule has 1 unspecified atom stereocenters. The van der Waals surface area contributed by atoms with Crippen LogP contribution in [0.15, 0.2) is 60.9 Å². The lowest BCUT2D eigenvalue weighted by Crippen LogP contribution is -2.56. The summed E-state index contributed by atoms with van der Waals surface area (Å²) in [5.41, 5.74) is 0.819. The second-order valence-electron chi connectivity index (χ2n) is 12.7. The van der Waals surface area contributed by atoms with Crippen LogP contribution in [-0.2, 0) is 25.7 Å². The van der Waals surface area contributed by atoms with Gasteiger partial charge in [-0.3, -0.25) is 19.1 Å². The lowest BCUT2D eigenvalue weighted by atomic mass is 9.91. The van der Waals surface area contributed by atoms with Gasteiger partial charge in [0.15, 0.2) is 5.75 Å². The molecule has 0 spiro atoms. The van der Waals surface area contributed by atoms with Crippen LogP contribution in [0.5, 0.6) is 11.5 Å². The van der Waals surface area contributed by atoms with Crippen molar-refractivity contribution in [2.75, 3.05) is 31.3 Å². The molecule has 1 aromatic heterocycles. The van der Waals surface area contributed by atoms with Crippen molar-refractivity contribution < 1.29 is 42.9 Å². The van der Waals surface area contributed by atoms with Gasteiger partial charge in [-0.15, -0.1) is 0 Å². The first-order valence-electron chi connectivity index (χ1n) is 17.5. The fraction of sp³-hybridized carbons (Fsp3) is 0.359. The Morgan fingerprint density at radius 1 is 1.09 bits per heavy atom. The quantitative estimate of drug-likeness (QED) is 0.0940. The number of carboxylic acids is 1. The van der Waals surface area contributed by atoms with E-state index in [4.69, 9.17) is 37.4 Å². The summed E-state index contributed by atoms with van der Waals surface area (Å²) in [7, 11) is 0. The van der Waals surface area contributed by atoms with Crippen LogP contribution in [0.25, 0.3) is 11.1 Å². The average molecular weight is 784 g/mol. The Labute approximate surface area is 322 Å². The number of esters is 1. The molecule has 0 saturated heterocycles. The molecule has 0 fully saturated rings. The highest BCUT2D eigenvalue weighted by molar-refractivity contribution is 6.32. The van der Waals surface area contributed by atoms with Gasteiger partial charge < -0.3 is 29.5 Å². The van der Waals surface area contributed by atoms with Crippen LogP contribution < -0.4 is 19.7 Å². The third kappa shape index (κ3) is 9.14. The summed E-state index contributed by atoms with van der Waals surface area (Å²) in [6.45, 7) is 6.09. The number of carbonyl (C=O) groups is 4. The summed E-state index contributed by atoms with van der Waals surface area (Å²) in [4.78, 5) is 52.7. The minimum absolute atomic E-state index is 0.0267. The maximum Gasteiger partial charge on any atom is 0.332 e. The molecule has 286 valence electrons. The SMILES string of the molecule is CCOC(=O)C(CC)(CC(=O)O)NC(=O)c1cc(F)c(Cn2cc(-c3cccc4c3OCCCN4C(=O)CCCOc3cccc(Cl)c3C)cn2)c(Cl)c1. The zero-order valence-corrected chi connectivity index (χ0v) is 31.6. The molecule has 1 atom stereocenters. The first kappa shape index (κ1) is 40.1. The molecule has 0 bridgehead atoms. The second-order valence-corrected chi connectivity index (χ2v) is 13.6. The largest absolute Gasteiger partial charge is 0.493 e. The van der Waals surface area contributed by atoms with Gasteiger partial charge in [-0.25, -0.2) is 9.18 Å². The molecular formula is C39H41Cl2FN4O8. The summed E-state index contributed by atoms with van der Waals surface area (Å²) >= 11 is 12.7. The molecule has 1 aliphatic rings. The smallest absolute Gasteiger partial charge is 0.332 e. The number of fused-ring (bicyclic) bond motifs is 1. The van der Waals surface area contributed by atoms with Crippen LogP contribution in [-0.4, -0.2) is 70.5 Å². The van der Waals surface area contributed by atoms with Gasteiger partial charge >= 0.3 is 11.9 Å². The van der Waals surface area contributed by atoms with Crippen molar-refractivity contribution in [3.8, 4) is 22.6 Å². The minimum Gasteiger partial charge on any atom is -0.493 e. The molecule has 0 saturated carbocycles. The monoisotopic (exact) mass is 782 g/mol. The Kier molecular flexibility index (Phi) is 13.2. The molecule has 15 heteroatoms. The number of rotatable bonds is 15. The normalized spacial score (nSPS) is 13.6. The molecule has 2 N–H and O–H groups in total. The fourth-order valence-electron chi connectivity index (χ4n) is 6.16. The molecule has 4 aromatic rings. The fourth-order valence-corrected chi connectivity index (χ4v) is 6.59. The maximum atomic E-state index is 15.5. The second kappa shape index (κ2) is 17.8. The third-order valence-corrected chi connectivity index (χ3v) is 9.86. The van der Waals surface area contributed by atoms with Crippen LogP contribution >= 0.6 is 23.2 Å². The molecule has 1 aliphatic heterocycles. The molecule has 0 aliphatic carbocycles. The highest BCUT2D eigenvalue weighted by Crippen LogP contribution is 2.40. The molecule has 54 heavy (non-hydrogen) atoms. The van der Waals surface area contributed by atoms with Crippen molar-refractivity contribution in [3.05, 3.63) is 93.5 Å². The van der Waals surface area contributed by atoms with E-state index in [0.29, 0.717) is 65.9 Å². The number of aromatic nitrogens is 2. The zero-order valence-electron chi connectivity index (χ0n) is 30.1. The summed E-state index contributed by atoms with van der Waals surface area (Å²) < 4.78 is 34.1. The number of hydrogen-bond acceptors (Lipinski definition) is 8. The number of para-hydroxylation sites is 1. The zero-order chi connectivity index (χ0) is 39.0. The number of benzene rings is 3. The number of nitrogens with one attached hydrogen (secondary N) is 1. The molecule has 5 rings (SSSR count). The van der Waals surface area contributed by atoms with Gasteiger partial charge in [0, 0.05) is 57.0 Å². The van der Waals surface area contributed by atoms with Gasteiger partial charge in [0.05, 0.1) is 44.7 Å². The van der Waals surface area contributed by atoms with Gasteiger partial charge in [-0.05, 0) is 63.4 Å². The molecule has 3 aromatic carbocycles. The number of anilines is 1. The van der Waals surface area contributed by atoms with E-state index in [1.165, 1.54) is 17.7 Å². The van der Waals surface area contributed by atoms with E-state index in [2.05, 4.69) is 10.4 Å². The number of hydrogen-bond donors (Lipinski definition) is 2. The lowest BCUT2D eigenvalue weighted by molar-refractivity contribution is -0.155. The average Bonchev–Trinajstić information content (AvgIpc) is 3.49. The van der Waals surface area contributed by atoms with Crippen LogP contribution in [0.3, 0.4) is 0 Å². The maximum absolute atomic E-state index is 15.5. The van der Waals surface area contributed by atoms with Gasteiger partial charge in [0.2, 0.25) is 5.91 Å². The summed E-state index contributed by atoms with van der Waals surface area (Å²) in [5.74, 6) is -2.78. The standard InChI is InChI=1S/C39H41Cl2FN4O8/c1-4-39(20-35(48)49,38(51)52-5-2)44-37(50)25-18-30(41)28(31(42)19-25)23-45-22-26(21-43-45)27-10-6-12-32-36(27)54-17-9-15-46(32)34(47)14-8-16-53-33-13-7-11-29(40)24(33)3/h6-7,10-13,18-19,21-22H,4-5,8-9,14-17,20,23H2,1-3H3,(H,44,50)(H,48,49). The Bertz CT molecular complexity index is 2020. The van der Waals surface area contributed by atoms with Crippen molar-refractivity contribution in [1.82, 2.24) is 15.1 Å². The van der Waals surface area contributed by atoms with E-state index >= 15 is 4.39 Å². The number of carboxylic acid groups (broad SMARTS) is 1. The van der Waals surface area contributed by atoms with Gasteiger partial charge in [-0.2, -0.15) is 5.10 Å². The number of aliphatic carboxylic acids is 1. The van der Waals surface area contributed by atoms with Crippen molar-refractivity contribution in [3.63, 3.8) is 0 Å². The number of nitrogens with zero attached hydrogens (tertiary/aromatic N) is 3. The van der Waals surface area contributed by atoms with E-state index in [-0.39, 0.29) is 48.0 Å². The predicted octanol–water partition coefficient (Wildman–Crippen LogP) is 7.24. The van der Waals surface area contributed by atoms with E-state index in [1.54, 1.807) is 30.3 Å². The summed E-state index contributed by atoms with van der Waals surface area (Å²) in [6.07, 6.45) is 3.89. The molecule has 0 radical (unpaired) electrons. The molecule has 12 nitrogen and oxygen atoms in total. The Morgan fingerprint density at radius 2 is 1.87 bits per heavy atom. The highest BCUT2D eigenvalue weighted by Gasteiger charge is 2.42. The van der Waals surface area contributed by atoms with Crippen molar-refractivity contribution in [2.24, 2.45) is 0 Å². The van der Waals surface area contributed by atoms with Crippen LogP contribution in [0.1, 0.15) is 67.4 Å². The first-order valence-corrected chi connectivity index (χ1v) is 18.3. The van der Waals surface area contributed by atoms with E-state index < -0.39 is 35.6 Å². The lowest BCUT2D eigenvalue weighted by Gasteiger charge is -2.30. The topological polar surface area (TPSA) is 149 Å². The number of carbonyl (C=O) groups excluding carboxylic acids is 3. The minimum atomic E-state index is -1.86. The Balaban J connectivity index is 1.29. The first-order chi connectivity index (χ1) is 25.9. The van der Waals surface area contributed by atoms with E-state index in [0.717, 1.165) is 11.6 Å². The molecular weight excluding hydrogens is 742 g/mol. The third-order valence-electron chi connectivity index (χ3n) is 9.11. The van der Waals surface area contributed by atoms with Crippen LogP contribution in [0, 0.1) is 12.7 Å². The van der Waals surface area contributed by atoms with Crippen molar-refractivity contribution >= 4 is 52.6 Å². The van der Waals surface area contributed by atoms with Gasteiger partial charge in [0.25, 0.3) is 5.91 Å². The van der Waals surface area contributed by atoms with Gasteiger partial charge in [-0.1, -0.05) is 48.3 Å². The van der Waals surface area contributed by atoms with Gasteiger partial charge in [0.1, 0.15) is 17.1 Å². The van der Waals surface area contributed by atoms with Crippen LogP contribution in [0.4, 0.5) is 10.1 Å². The summed E-state index contributed by atoms with van der Waals surface area (Å²) in [5, 5.41) is 16.8. The van der Waals surface area contributed by atoms with Crippen molar-refractivity contribution in [1.29, 1.82) is 0 Å². The number of halogens is 3. The Morgan fingerprint density at radius 3 is 2.59 bits per heavy atom. The van der Waals surface area contributed by atoms with Crippen molar-refractivity contribution in [2.45, 2.75) is 65.0 Å². The number of ether oxygens (including phenoxy) is 3. The van der Waals surface area contributed by atoms with E-state index in [1.807, 2.05) is 37.3 Å². The van der Waals surface area contributed by atoms with Crippen LogP contribution in [0.2, 0.25) is 10.0 Å². The molecule has 2 amide bonds. The summed E-state index contributed by atoms with van der Waals surface area (Å²) in [6, 6.07) is 13.2. The Hall–Kier alpha value is -5.14. The molecule has 2 heterocycles. The highest BCUT2D eigenvalue weighted by atomic mass is 35.5. The van der Waals surface area contributed by atoms with E-state index in [9.17, 15) is 24.3 Å².